The van der Waals surface area contributed by atoms with Gasteiger partial charge in [-0.05, 0) is 69.1 Å². The van der Waals surface area contributed by atoms with E-state index in [1.165, 1.54) is 17.1 Å². The number of carbonyl (C=O) groups is 2. The second-order valence-electron chi connectivity index (χ2n) is 12.0. The Labute approximate surface area is 241 Å². The third kappa shape index (κ3) is 8.21. The summed E-state index contributed by atoms with van der Waals surface area (Å²) in [6.07, 6.45) is 12.4. The lowest BCUT2D eigenvalue weighted by Crippen LogP contribution is -2.52. The van der Waals surface area contributed by atoms with E-state index in [9.17, 15) is 18.0 Å². The summed E-state index contributed by atoms with van der Waals surface area (Å²) in [7, 11) is -1.89. The molecular weight excluding hydrogens is 526 g/mol. The van der Waals surface area contributed by atoms with E-state index in [-0.39, 0.29) is 36.1 Å². The lowest BCUT2D eigenvalue weighted by Gasteiger charge is -2.40. The fraction of sp³-hybridized carbons (Fsp3) is 0.742. The van der Waals surface area contributed by atoms with Crippen LogP contribution in [0, 0.1) is 11.8 Å². The van der Waals surface area contributed by atoms with Crippen molar-refractivity contribution in [2.45, 2.75) is 96.6 Å². The molecule has 1 aromatic rings. The molecule has 8 nitrogen and oxygen atoms in total. The quantitative estimate of drug-likeness (QED) is 0.377. The number of benzene rings is 1. The SMILES string of the molecule is CCS(=O)(=O)N(CC(=O)N(Cc1ccc(OC)cc1)C1CCN(C(=O)C2CCCCC2)CC1)CC1CCCCC1. The van der Waals surface area contributed by atoms with Gasteiger partial charge in [-0.2, -0.15) is 4.31 Å². The van der Waals surface area contributed by atoms with Crippen molar-refractivity contribution in [3.05, 3.63) is 29.8 Å². The monoisotopic (exact) mass is 575 g/mol. The maximum atomic E-state index is 14.0. The van der Waals surface area contributed by atoms with E-state index in [1.54, 1.807) is 14.0 Å². The summed E-state index contributed by atoms with van der Waals surface area (Å²) < 4.78 is 33.0. The van der Waals surface area contributed by atoms with Crippen LogP contribution in [0.2, 0.25) is 0 Å². The molecule has 224 valence electrons. The smallest absolute Gasteiger partial charge is 0.238 e. The Morgan fingerprint density at radius 2 is 1.50 bits per heavy atom. The highest BCUT2D eigenvalue weighted by molar-refractivity contribution is 7.89. The molecular formula is C31H49N3O5S. The predicted molar refractivity (Wildman–Crippen MR) is 157 cm³/mol. The third-order valence-corrected chi connectivity index (χ3v) is 11.1. The van der Waals surface area contributed by atoms with Crippen molar-refractivity contribution in [1.29, 1.82) is 0 Å². The molecule has 1 saturated heterocycles. The molecule has 1 heterocycles. The molecule has 9 heteroatoms. The molecule has 0 spiro atoms. The second-order valence-corrected chi connectivity index (χ2v) is 14.2. The number of hydrogen-bond acceptors (Lipinski definition) is 5. The normalized spacial score (nSPS) is 20.0. The van der Waals surface area contributed by atoms with Crippen LogP contribution in [0.1, 0.15) is 89.5 Å². The van der Waals surface area contributed by atoms with E-state index in [0.717, 1.165) is 62.7 Å². The standard InChI is InChI=1S/C31H49N3O5S/c1-3-40(37,38)33(22-25-10-6-4-7-11-25)24-30(35)34(23-26-14-16-29(39-2)17-15-26)28-18-20-32(21-19-28)31(36)27-12-8-5-9-13-27/h14-17,25,27-28H,3-13,18-24H2,1-2H3. The number of sulfonamides is 1. The van der Waals surface area contributed by atoms with Crippen molar-refractivity contribution in [1.82, 2.24) is 14.1 Å². The Morgan fingerprint density at radius 3 is 2.08 bits per heavy atom. The summed E-state index contributed by atoms with van der Waals surface area (Å²) in [4.78, 5) is 31.0. The number of piperidine rings is 1. The Morgan fingerprint density at radius 1 is 0.900 bits per heavy atom. The van der Waals surface area contributed by atoms with Gasteiger partial charge in [0, 0.05) is 38.1 Å². The molecule has 40 heavy (non-hydrogen) atoms. The molecule has 0 radical (unpaired) electrons. The van der Waals surface area contributed by atoms with Gasteiger partial charge in [-0.1, -0.05) is 50.7 Å². The van der Waals surface area contributed by atoms with E-state index < -0.39 is 10.0 Å². The second kappa shape index (κ2) is 14.7. The Balaban J connectivity index is 1.48. The summed E-state index contributed by atoms with van der Waals surface area (Å²) in [5.41, 5.74) is 0.979. The van der Waals surface area contributed by atoms with E-state index in [0.29, 0.717) is 44.9 Å². The first-order valence-electron chi connectivity index (χ1n) is 15.5. The maximum Gasteiger partial charge on any atom is 0.238 e. The van der Waals surface area contributed by atoms with Gasteiger partial charge in [0.2, 0.25) is 21.8 Å². The zero-order valence-electron chi connectivity index (χ0n) is 24.6. The Hall–Kier alpha value is -2.13. The molecule has 4 rings (SSSR count). The molecule has 0 unspecified atom stereocenters. The summed E-state index contributed by atoms with van der Waals surface area (Å²) in [5.74, 6) is 1.33. The van der Waals surface area contributed by atoms with Crippen LogP contribution in [-0.4, -0.2) is 79.4 Å². The van der Waals surface area contributed by atoms with Crippen LogP contribution < -0.4 is 4.74 Å². The fourth-order valence-electron chi connectivity index (χ4n) is 6.71. The highest BCUT2D eigenvalue weighted by Crippen LogP contribution is 2.29. The van der Waals surface area contributed by atoms with E-state index in [2.05, 4.69) is 0 Å². The van der Waals surface area contributed by atoms with Gasteiger partial charge in [0.25, 0.3) is 0 Å². The molecule has 0 bridgehead atoms. The largest absolute Gasteiger partial charge is 0.497 e. The van der Waals surface area contributed by atoms with Crippen LogP contribution in [0.25, 0.3) is 0 Å². The fourth-order valence-corrected chi connectivity index (χ4v) is 7.82. The van der Waals surface area contributed by atoms with Crippen molar-refractivity contribution < 1.29 is 22.7 Å². The maximum absolute atomic E-state index is 14.0. The number of hydrogen-bond donors (Lipinski definition) is 0. The first kappa shape index (κ1) is 30.8. The van der Waals surface area contributed by atoms with E-state index >= 15 is 0 Å². The molecule has 2 amide bonds. The molecule has 0 atom stereocenters. The number of amides is 2. The van der Waals surface area contributed by atoms with Crippen LogP contribution >= 0.6 is 0 Å². The molecule has 2 saturated carbocycles. The van der Waals surface area contributed by atoms with Gasteiger partial charge in [-0.3, -0.25) is 9.59 Å². The van der Waals surface area contributed by atoms with Crippen molar-refractivity contribution >= 4 is 21.8 Å². The first-order chi connectivity index (χ1) is 19.3. The van der Waals surface area contributed by atoms with Crippen LogP contribution in [0.5, 0.6) is 5.75 Å². The minimum atomic E-state index is -3.52. The lowest BCUT2D eigenvalue weighted by atomic mass is 9.87. The first-order valence-corrected chi connectivity index (χ1v) is 17.1. The number of nitrogens with zero attached hydrogens (tertiary/aromatic N) is 3. The topological polar surface area (TPSA) is 87.2 Å². The van der Waals surface area contributed by atoms with E-state index in [1.807, 2.05) is 34.1 Å². The summed E-state index contributed by atoms with van der Waals surface area (Å²) in [6, 6.07) is 7.67. The van der Waals surface area contributed by atoms with Crippen molar-refractivity contribution in [2.24, 2.45) is 11.8 Å². The van der Waals surface area contributed by atoms with Gasteiger partial charge in [0.15, 0.2) is 0 Å². The molecule has 3 fully saturated rings. The van der Waals surface area contributed by atoms with Crippen molar-refractivity contribution in [3.8, 4) is 5.75 Å². The highest BCUT2D eigenvalue weighted by Gasteiger charge is 2.35. The average Bonchev–Trinajstić information content (AvgIpc) is 3.00. The zero-order chi connectivity index (χ0) is 28.5. The summed E-state index contributed by atoms with van der Waals surface area (Å²) in [5, 5.41) is 0. The highest BCUT2D eigenvalue weighted by atomic mass is 32.2. The van der Waals surface area contributed by atoms with Crippen molar-refractivity contribution in [3.63, 3.8) is 0 Å². The van der Waals surface area contributed by atoms with Gasteiger partial charge < -0.3 is 14.5 Å². The number of likely N-dealkylation sites (tertiary alicyclic amines) is 1. The lowest BCUT2D eigenvalue weighted by molar-refractivity contribution is -0.140. The summed E-state index contributed by atoms with van der Waals surface area (Å²) >= 11 is 0. The third-order valence-electron chi connectivity index (χ3n) is 9.26. The average molecular weight is 576 g/mol. The zero-order valence-corrected chi connectivity index (χ0v) is 25.4. The molecule has 0 N–H and O–H groups in total. The van der Waals surface area contributed by atoms with Crippen LogP contribution in [-0.2, 0) is 26.2 Å². The van der Waals surface area contributed by atoms with Gasteiger partial charge in [-0.25, -0.2) is 8.42 Å². The van der Waals surface area contributed by atoms with Crippen LogP contribution in [0.3, 0.4) is 0 Å². The Bertz CT molecular complexity index is 1060. The predicted octanol–water partition coefficient (Wildman–Crippen LogP) is 4.83. The number of methoxy groups -OCH3 is 1. The van der Waals surface area contributed by atoms with Gasteiger partial charge in [0.05, 0.1) is 19.4 Å². The van der Waals surface area contributed by atoms with Crippen LogP contribution in [0.15, 0.2) is 24.3 Å². The minimum Gasteiger partial charge on any atom is -0.497 e. The number of rotatable bonds is 11. The van der Waals surface area contributed by atoms with Gasteiger partial charge in [-0.15, -0.1) is 0 Å². The summed E-state index contributed by atoms with van der Waals surface area (Å²) in [6.45, 7) is 3.66. The minimum absolute atomic E-state index is 0.00680. The molecule has 2 aliphatic carbocycles. The Kier molecular flexibility index (Phi) is 11.3. The molecule has 3 aliphatic rings. The van der Waals surface area contributed by atoms with Gasteiger partial charge in [0.1, 0.15) is 5.75 Å². The molecule has 0 aromatic heterocycles. The molecule has 1 aromatic carbocycles. The van der Waals surface area contributed by atoms with Crippen LogP contribution in [0.4, 0.5) is 0 Å². The van der Waals surface area contributed by atoms with Crippen molar-refractivity contribution in [2.75, 3.05) is 39.0 Å². The molecule has 1 aliphatic heterocycles. The number of ether oxygens (including phenoxy) is 1. The van der Waals surface area contributed by atoms with E-state index in [4.69, 9.17) is 4.74 Å². The van der Waals surface area contributed by atoms with Gasteiger partial charge >= 0.3 is 0 Å². The number of carbonyl (C=O) groups excluding carboxylic acids is 2.